The Bertz CT molecular complexity index is 594. The molecule has 0 unspecified atom stereocenters. The monoisotopic (exact) mass is 252 g/mol. The van der Waals surface area contributed by atoms with Crippen LogP contribution in [0.4, 0.5) is 0 Å². The first-order valence-corrected chi connectivity index (χ1v) is 6.60. The molecular weight excluding hydrogens is 232 g/mol. The van der Waals surface area contributed by atoms with E-state index in [1.165, 1.54) is 5.56 Å². The largest absolute Gasteiger partial charge is 0.293 e. The minimum atomic E-state index is -0.497. The lowest BCUT2D eigenvalue weighted by Crippen LogP contribution is -2.29. The fraction of sp³-hybridized carbons (Fsp3) is 0.278. The van der Waals surface area contributed by atoms with E-state index < -0.39 is 5.41 Å². The first kappa shape index (κ1) is 13.5. The third kappa shape index (κ3) is 2.60. The zero-order valence-electron chi connectivity index (χ0n) is 12.0. The Balaban J connectivity index is 2.40. The summed E-state index contributed by atoms with van der Waals surface area (Å²) in [6, 6.07) is 15.9. The number of hydrogen-bond acceptors (Lipinski definition) is 1. The summed E-state index contributed by atoms with van der Waals surface area (Å²) in [5, 5.41) is 0. The van der Waals surface area contributed by atoms with Gasteiger partial charge in [0, 0.05) is 5.56 Å². The van der Waals surface area contributed by atoms with Crippen LogP contribution < -0.4 is 0 Å². The van der Waals surface area contributed by atoms with Gasteiger partial charge in [0.2, 0.25) is 0 Å². The van der Waals surface area contributed by atoms with Gasteiger partial charge in [-0.3, -0.25) is 4.79 Å². The molecule has 2 rings (SSSR count). The molecule has 0 aliphatic rings. The van der Waals surface area contributed by atoms with E-state index in [4.69, 9.17) is 0 Å². The highest BCUT2D eigenvalue weighted by Gasteiger charge is 2.30. The molecule has 1 heteroatoms. The topological polar surface area (TPSA) is 17.1 Å². The van der Waals surface area contributed by atoms with Gasteiger partial charge < -0.3 is 0 Å². The lowest BCUT2D eigenvalue weighted by molar-refractivity contribution is 0.0908. The van der Waals surface area contributed by atoms with Crippen molar-refractivity contribution < 1.29 is 4.79 Å². The molecule has 2 aromatic rings. The summed E-state index contributed by atoms with van der Waals surface area (Å²) in [4.78, 5) is 12.7. The molecule has 0 atom stereocenters. The average molecular weight is 252 g/mol. The number of rotatable bonds is 3. The van der Waals surface area contributed by atoms with Crippen molar-refractivity contribution in [3.05, 3.63) is 70.8 Å². The van der Waals surface area contributed by atoms with Gasteiger partial charge in [0.1, 0.15) is 0 Å². The van der Waals surface area contributed by atoms with Crippen molar-refractivity contribution in [2.24, 2.45) is 0 Å². The molecule has 0 heterocycles. The van der Waals surface area contributed by atoms with Crippen LogP contribution in [0.25, 0.3) is 0 Å². The fourth-order valence-electron chi connectivity index (χ4n) is 2.23. The van der Waals surface area contributed by atoms with Crippen LogP contribution in [0.2, 0.25) is 0 Å². The van der Waals surface area contributed by atoms with Crippen LogP contribution in [0.15, 0.2) is 48.5 Å². The predicted octanol–water partition coefficient (Wildman–Crippen LogP) is 4.46. The summed E-state index contributed by atoms with van der Waals surface area (Å²) in [6.45, 7) is 8.08. The minimum Gasteiger partial charge on any atom is -0.293 e. The normalized spacial score (nSPS) is 11.4. The van der Waals surface area contributed by atoms with Gasteiger partial charge >= 0.3 is 0 Å². The van der Waals surface area contributed by atoms with E-state index >= 15 is 0 Å². The number of benzene rings is 2. The molecule has 98 valence electrons. The van der Waals surface area contributed by atoms with Gasteiger partial charge in [-0.15, -0.1) is 0 Å². The molecule has 1 nitrogen and oxygen atoms in total. The van der Waals surface area contributed by atoms with E-state index in [-0.39, 0.29) is 5.78 Å². The second kappa shape index (κ2) is 5.00. The lowest BCUT2D eigenvalue weighted by Gasteiger charge is -2.24. The summed E-state index contributed by atoms with van der Waals surface area (Å²) >= 11 is 0. The molecule has 0 spiro atoms. The Labute approximate surface area is 115 Å². The van der Waals surface area contributed by atoms with Crippen molar-refractivity contribution in [2.75, 3.05) is 0 Å². The van der Waals surface area contributed by atoms with E-state index in [9.17, 15) is 4.79 Å². The summed E-state index contributed by atoms with van der Waals surface area (Å²) in [7, 11) is 0. The number of carbonyl (C=O) groups excluding carboxylic acids is 1. The SMILES string of the molecule is Cc1ccc(C(=O)C(C)(C)c2ccccc2)cc1C. The van der Waals surface area contributed by atoms with Crippen molar-refractivity contribution in [1.29, 1.82) is 0 Å². The zero-order chi connectivity index (χ0) is 14.0. The highest BCUT2D eigenvalue weighted by molar-refractivity contribution is 6.03. The van der Waals surface area contributed by atoms with Gasteiger partial charge in [0.25, 0.3) is 0 Å². The van der Waals surface area contributed by atoms with Crippen LogP contribution in [-0.4, -0.2) is 5.78 Å². The van der Waals surface area contributed by atoms with Crippen molar-refractivity contribution in [3.63, 3.8) is 0 Å². The van der Waals surface area contributed by atoms with Gasteiger partial charge in [-0.25, -0.2) is 0 Å². The van der Waals surface area contributed by atoms with E-state index in [2.05, 4.69) is 6.92 Å². The second-order valence-electron chi connectivity index (χ2n) is 5.62. The minimum absolute atomic E-state index is 0.168. The Morgan fingerprint density at radius 3 is 2.11 bits per heavy atom. The molecule has 0 aliphatic carbocycles. The number of ketones is 1. The number of Topliss-reactive ketones (excluding diaryl/α,β-unsaturated/α-hetero) is 1. The highest BCUT2D eigenvalue weighted by atomic mass is 16.1. The maximum Gasteiger partial charge on any atom is 0.172 e. The molecule has 19 heavy (non-hydrogen) atoms. The lowest BCUT2D eigenvalue weighted by atomic mass is 9.78. The zero-order valence-corrected chi connectivity index (χ0v) is 12.0. The maximum atomic E-state index is 12.7. The van der Waals surface area contributed by atoms with Gasteiger partial charge in [-0.2, -0.15) is 0 Å². The molecular formula is C18H20O. The molecule has 0 bridgehead atoms. The van der Waals surface area contributed by atoms with E-state index in [0.717, 1.165) is 16.7 Å². The quantitative estimate of drug-likeness (QED) is 0.737. The number of hydrogen-bond donors (Lipinski definition) is 0. The highest BCUT2D eigenvalue weighted by Crippen LogP contribution is 2.28. The van der Waals surface area contributed by atoms with Crippen molar-refractivity contribution in [2.45, 2.75) is 33.1 Å². The molecule has 0 N–H and O–H groups in total. The van der Waals surface area contributed by atoms with Crippen LogP contribution in [0, 0.1) is 13.8 Å². The van der Waals surface area contributed by atoms with Crippen molar-refractivity contribution >= 4 is 5.78 Å². The Hall–Kier alpha value is -1.89. The number of carbonyl (C=O) groups is 1. The second-order valence-corrected chi connectivity index (χ2v) is 5.62. The van der Waals surface area contributed by atoms with Gasteiger partial charge in [-0.05, 0) is 50.5 Å². The van der Waals surface area contributed by atoms with Crippen LogP contribution in [0.5, 0.6) is 0 Å². The summed E-state index contributed by atoms with van der Waals surface area (Å²) in [5.41, 5.74) is 3.72. The molecule has 0 saturated heterocycles. The van der Waals surface area contributed by atoms with Crippen molar-refractivity contribution in [1.82, 2.24) is 0 Å². The standard InChI is InChI=1S/C18H20O/c1-13-10-11-15(12-14(13)2)17(19)18(3,4)16-8-6-5-7-9-16/h5-12H,1-4H3. The Morgan fingerprint density at radius 2 is 1.53 bits per heavy atom. The molecule has 2 aromatic carbocycles. The molecule has 0 radical (unpaired) electrons. The van der Waals surface area contributed by atoms with Crippen LogP contribution in [-0.2, 0) is 5.41 Å². The maximum absolute atomic E-state index is 12.7. The fourth-order valence-corrected chi connectivity index (χ4v) is 2.23. The van der Waals surface area contributed by atoms with E-state index in [1.807, 2.05) is 69.3 Å². The summed E-state index contributed by atoms with van der Waals surface area (Å²) < 4.78 is 0. The van der Waals surface area contributed by atoms with E-state index in [0.29, 0.717) is 0 Å². The average Bonchev–Trinajstić information content (AvgIpc) is 2.42. The molecule has 0 amide bonds. The molecule has 0 aromatic heterocycles. The Morgan fingerprint density at radius 1 is 0.895 bits per heavy atom. The first-order valence-electron chi connectivity index (χ1n) is 6.60. The van der Waals surface area contributed by atoms with Gasteiger partial charge in [0.05, 0.1) is 5.41 Å². The number of aryl methyl sites for hydroxylation is 2. The van der Waals surface area contributed by atoms with Crippen LogP contribution in [0.1, 0.15) is 40.9 Å². The molecule has 0 fully saturated rings. The van der Waals surface area contributed by atoms with Gasteiger partial charge in [-0.1, -0.05) is 42.5 Å². The first-order chi connectivity index (χ1) is 8.93. The smallest absolute Gasteiger partial charge is 0.172 e. The third-order valence-electron chi connectivity index (χ3n) is 3.83. The summed E-state index contributed by atoms with van der Waals surface area (Å²) in [6.07, 6.45) is 0. The van der Waals surface area contributed by atoms with Crippen LogP contribution >= 0.6 is 0 Å². The van der Waals surface area contributed by atoms with E-state index in [1.54, 1.807) is 0 Å². The van der Waals surface area contributed by atoms with Gasteiger partial charge in [0.15, 0.2) is 5.78 Å². The molecule has 0 saturated carbocycles. The third-order valence-corrected chi connectivity index (χ3v) is 3.83. The van der Waals surface area contributed by atoms with Crippen LogP contribution in [0.3, 0.4) is 0 Å². The summed E-state index contributed by atoms with van der Waals surface area (Å²) in [5.74, 6) is 0.168. The van der Waals surface area contributed by atoms with Crippen molar-refractivity contribution in [3.8, 4) is 0 Å². The Kier molecular flexibility index (Phi) is 3.57. The predicted molar refractivity (Wildman–Crippen MR) is 79.7 cm³/mol. The molecule has 0 aliphatic heterocycles.